The summed E-state index contributed by atoms with van der Waals surface area (Å²) in [6.45, 7) is 0.398. The molecule has 1 aromatic carbocycles. The Morgan fingerprint density at radius 1 is 1.00 bits per heavy atom. The number of halogens is 2. The minimum atomic E-state index is -3.76. The van der Waals surface area contributed by atoms with Crippen LogP contribution in [0.4, 0.5) is 8.78 Å². The Labute approximate surface area is 146 Å². The molecule has 1 amide bonds. The summed E-state index contributed by atoms with van der Waals surface area (Å²) in [6.07, 6.45) is 3.88. The standard InChI is InChI=1S/C17H23F2NO4S/c18-15(19)11-6-4-2-1-3-5-7-12-24-13-9-8-10-14-16(13)17(21)20-25(14,22)23/h8-10,15H,1-7,11-12H2,(H,20,21). The van der Waals surface area contributed by atoms with Crippen LogP contribution in [-0.4, -0.2) is 27.4 Å². The van der Waals surface area contributed by atoms with E-state index in [1.54, 1.807) is 12.1 Å². The number of nitrogens with one attached hydrogen (secondary N) is 1. The fourth-order valence-electron chi connectivity index (χ4n) is 2.77. The summed E-state index contributed by atoms with van der Waals surface area (Å²) < 4.78 is 55.0. The van der Waals surface area contributed by atoms with Crippen molar-refractivity contribution in [1.29, 1.82) is 0 Å². The van der Waals surface area contributed by atoms with Gasteiger partial charge < -0.3 is 4.74 Å². The fourth-order valence-corrected chi connectivity index (χ4v) is 3.95. The Bertz CT molecular complexity index is 692. The molecule has 1 N–H and O–H groups in total. The van der Waals surface area contributed by atoms with Gasteiger partial charge in [-0.3, -0.25) is 4.79 Å². The Balaban J connectivity index is 1.65. The smallest absolute Gasteiger partial charge is 0.270 e. The van der Waals surface area contributed by atoms with E-state index in [1.165, 1.54) is 6.07 Å². The van der Waals surface area contributed by atoms with E-state index in [1.807, 2.05) is 4.72 Å². The van der Waals surface area contributed by atoms with Crippen LogP contribution in [0, 0.1) is 0 Å². The summed E-state index contributed by atoms with van der Waals surface area (Å²) >= 11 is 0. The van der Waals surface area contributed by atoms with Gasteiger partial charge in [-0.25, -0.2) is 21.9 Å². The zero-order chi connectivity index (χ0) is 18.3. The first kappa shape index (κ1) is 19.6. The monoisotopic (exact) mass is 375 g/mol. The van der Waals surface area contributed by atoms with Gasteiger partial charge in [0.1, 0.15) is 16.2 Å². The lowest BCUT2D eigenvalue weighted by Crippen LogP contribution is -2.21. The molecule has 1 aliphatic heterocycles. The predicted molar refractivity (Wildman–Crippen MR) is 89.5 cm³/mol. The molecule has 1 aromatic rings. The highest BCUT2D eigenvalue weighted by molar-refractivity contribution is 7.90. The van der Waals surface area contributed by atoms with E-state index in [0.717, 1.165) is 38.5 Å². The summed E-state index contributed by atoms with van der Waals surface area (Å²) in [5, 5.41) is 0. The van der Waals surface area contributed by atoms with E-state index >= 15 is 0 Å². The third-order valence-corrected chi connectivity index (χ3v) is 5.43. The third-order valence-electron chi connectivity index (χ3n) is 4.06. The van der Waals surface area contributed by atoms with Crippen molar-refractivity contribution in [3.8, 4) is 5.75 Å². The van der Waals surface area contributed by atoms with Gasteiger partial charge in [-0.05, 0) is 25.0 Å². The zero-order valence-electron chi connectivity index (χ0n) is 14.0. The number of amides is 1. The van der Waals surface area contributed by atoms with Crippen molar-refractivity contribution in [2.75, 3.05) is 6.61 Å². The number of alkyl halides is 2. The number of unbranched alkanes of at least 4 members (excludes halogenated alkanes) is 6. The molecule has 0 saturated heterocycles. The summed E-state index contributed by atoms with van der Waals surface area (Å²) in [6, 6.07) is 4.51. The molecular weight excluding hydrogens is 352 g/mol. The summed E-state index contributed by atoms with van der Waals surface area (Å²) in [5.74, 6) is -0.377. The Morgan fingerprint density at radius 3 is 2.32 bits per heavy atom. The molecule has 140 valence electrons. The van der Waals surface area contributed by atoms with Crippen molar-refractivity contribution in [3.63, 3.8) is 0 Å². The molecule has 0 spiro atoms. The minimum absolute atomic E-state index is 0.0153. The number of sulfonamides is 1. The molecule has 8 heteroatoms. The number of ether oxygens (including phenoxy) is 1. The molecule has 0 unspecified atom stereocenters. The van der Waals surface area contributed by atoms with Crippen LogP contribution < -0.4 is 9.46 Å². The molecule has 0 bridgehead atoms. The van der Waals surface area contributed by atoms with E-state index in [4.69, 9.17) is 4.74 Å². The van der Waals surface area contributed by atoms with Gasteiger partial charge in [-0.15, -0.1) is 0 Å². The van der Waals surface area contributed by atoms with Crippen molar-refractivity contribution in [2.45, 2.75) is 62.7 Å². The van der Waals surface area contributed by atoms with Crippen molar-refractivity contribution < 1.29 is 26.7 Å². The summed E-state index contributed by atoms with van der Waals surface area (Å²) in [7, 11) is -3.76. The highest BCUT2D eigenvalue weighted by Gasteiger charge is 2.35. The first-order chi connectivity index (χ1) is 11.9. The maximum atomic E-state index is 12.0. The molecule has 0 atom stereocenters. The number of rotatable bonds is 11. The molecule has 0 aliphatic carbocycles. The Morgan fingerprint density at radius 2 is 1.64 bits per heavy atom. The number of hydrogen-bond acceptors (Lipinski definition) is 4. The van der Waals surface area contributed by atoms with Gasteiger partial charge in [0.15, 0.2) is 0 Å². The van der Waals surface area contributed by atoms with Crippen molar-refractivity contribution in [3.05, 3.63) is 23.8 Å². The van der Waals surface area contributed by atoms with Gasteiger partial charge in [-0.1, -0.05) is 38.2 Å². The molecular formula is C17H23F2NO4S. The lowest BCUT2D eigenvalue weighted by molar-refractivity contribution is 0.0981. The number of fused-ring (bicyclic) bond motifs is 1. The highest BCUT2D eigenvalue weighted by Crippen LogP contribution is 2.30. The minimum Gasteiger partial charge on any atom is -0.493 e. The summed E-state index contributed by atoms with van der Waals surface area (Å²) in [5.41, 5.74) is 0.0709. The number of carbonyl (C=O) groups excluding carboxylic acids is 1. The van der Waals surface area contributed by atoms with Crippen molar-refractivity contribution in [2.24, 2.45) is 0 Å². The van der Waals surface area contributed by atoms with Crippen LogP contribution in [0.25, 0.3) is 0 Å². The molecule has 0 fully saturated rings. The normalized spacial score (nSPS) is 15.2. The predicted octanol–water partition coefficient (Wildman–Crippen LogP) is 3.88. The van der Waals surface area contributed by atoms with Crippen LogP contribution >= 0.6 is 0 Å². The molecule has 1 aliphatic rings. The second kappa shape index (κ2) is 9.12. The lowest BCUT2D eigenvalue weighted by Gasteiger charge is -2.08. The average molecular weight is 375 g/mol. The van der Waals surface area contributed by atoms with Crippen LogP contribution in [0.3, 0.4) is 0 Å². The molecule has 0 aromatic heterocycles. The zero-order valence-corrected chi connectivity index (χ0v) is 14.8. The first-order valence-corrected chi connectivity index (χ1v) is 10.0. The maximum Gasteiger partial charge on any atom is 0.270 e. The average Bonchev–Trinajstić information content (AvgIpc) is 2.79. The van der Waals surface area contributed by atoms with E-state index < -0.39 is 22.4 Å². The molecule has 25 heavy (non-hydrogen) atoms. The SMILES string of the molecule is O=C1NS(=O)(=O)c2cccc(OCCCCCCCCCC(F)F)c21. The van der Waals surface area contributed by atoms with Crippen molar-refractivity contribution >= 4 is 15.9 Å². The van der Waals surface area contributed by atoms with Gasteiger partial charge >= 0.3 is 0 Å². The van der Waals surface area contributed by atoms with Crippen LogP contribution in [0.1, 0.15) is 61.7 Å². The highest BCUT2D eigenvalue weighted by atomic mass is 32.2. The molecule has 2 rings (SSSR count). The van der Waals surface area contributed by atoms with Crippen LogP contribution in [-0.2, 0) is 10.0 Å². The van der Waals surface area contributed by atoms with Gasteiger partial charge in [-0.2, -0.15) is 0 Å². The van der Waals surface area contributed by atoms with E-state index in [9.17, 15) is 22.0 Å². The van der Waals surface area contributed by atoms with E-state index in [2.05, 4.69) is 0 Å². The first-order valence-electron chi connectivity index (χ1n) is 8.53. The quantitative estimate of drug-likeness (QED) is 0.596. The van der Waals surface area contributed by atoms with Crippen LogP contribution in [0.15, 0.2) is 23.1 Å². The fraction of sp³-hybridized carbons (Fsp3) is 0.588. The van der Waals surface area contributed by atoms with Crippen LogP contribution in [0.5, 0.6) is 5.75 Å². The molecule has 1 heterocycles. The van der Waals surface area contributed by atoms with Crippen molar-refractivity contribution in [1.82, 2.24) is 4.72 Å². The molecule has 0 radical (unpaired) electrons. The number of hydrogen-bond donors (Lipinski definition) is 1. The summed E-state index contributed by atoms with van der Waals surface area (Å²) in [4.78, 5) is 11.7. The molecule has 0 saturated carbocycles. The van der Waals surface area contributed by atoms with Gasteiger partial charge in [0.2, 0.25) is 6.43 Å². The largest absolute Gasteiger partial charge is 0.493 e. The van der Waals surface area contributed by atoms with E-state index in [0.29, 0.717) is 13.0 Å². The lowest BCUT2D eigenvalue weighted by atomic mass is 10.1. The van der Waals surface area contributed by atoms with Crippen LogP contribution in [0.2, 0.25) is 0 Å². The van der Waals surface area contributed by atoms with Gasteiger partial charge in [0.05, 0.1) is 6.61 Å². The van der Waals surface area contributed by atoms with Gasteiger partial charge in [0, 0.05) is 6.42 Å². The second-order valence-corrected chi connectivity index (χ2v) is 7.72. The maximum absolute atomic E-state index is 12.0. The Hall–Kier alpha value is -1.70. The second-order valence-electron chi connectivity index (χ2n) is 6.07. The van der Waals surface area contributed by atoms with Gasteiger partial charge in [0.25, 0.3) is 15.9 Å². The number of carbonyl (C=O) groups is 1. The Kier molecular flexibility index (Phi) is 7.16. The molecule has 5 nitrogen and oxygen atoms in total. The van der Waals surface area contributed by atoms with E-state index in [-0.39, 0.29) is 22.6 Å². The third kappa shape index (κ3) is 5.66. The topological polar surface area (TPSA) is 72.5 Å². The number of benzene rings is 1.